The van der Waals surface area contributed by atoms with E-state index >= 15 is 0 Å². The van der Waals surface area contributed by atoms with Gasteiger partial charge in [-0.1, -0.05) is 29.8 Å². The smallest absolute Gasteiger partial charge is 0.242 e. The highest BCUT2D eigenvalue weighted by atomic mass is 35.5. The lowest BCUT2D eigenvalue weighted by atomic mass is 10.4. The minimum absolute atomic E-state index is 0.139. The van der Waals surface area contributed by atoms with Gasteiger partial charge < -0.3 is 4.74 Å². The van der Waals surface area contributed by atoms with Crippen LogP contribution in [0, 0.1) is 0 Å². The standard InChI is InChI=1S/C11H18Cl2N2O5S2/c1-9(12)11(7-10(13)8-15-21(3,16)17)22(18,19)14-5-4-6-20-2/h7-8,14-15H,1,4-6H2,2-3H3/b10-8-,11-7+. The first-order chi connectivity index (χ1) is 9.99. The van der Waals surface area contributed by atoms with Crippen molar-refractivity contribution in [3.63, 3.8) is 0 Å². The summed E-state index contributed by atoms with van der Waals surface area (Å²) in [7, 11) is -5.94. The number of ether oxygens (including phenoxy) is 1. The molecule has 0 saturated carbocycles. The summed E-state index contributed by atoms with van der Waals surface area (Å²) in [6, 6.07) is 0. The van der Waals surface area contributed by atoms with E-state index in [1.165, 1.54) is 7.11 Å². The zero-order valence-electron chi connectivity index (χ0n) is 12.1. The van der Waals surface area contributed by atoms with E-state index in [2.05, 4.69) is 11.3 Å². The minimum Gasteiger partial charge on any atom is -0.385 e. The fraction of sp³-hybridized carbons (Fsp3) is 0.455. The molecule has 0 spiro atoms. The van der Waals surface area contributed by atoms with Gasteiger partial charge >= 0.3 is 0 Å². The monoisotopic (exact) mass is 392 g/mol. The van der Waals surface area contributed by atoms with Crippen LogP contribution < -0.4 is 9.44 Å². The lowest BCUT2D eigenvalue weighted by Crippen LogP contribution is -2.27. The van der Waals surface area contributed by atoms with Crippen molar-refractivity contribution < 1.29 is 21.6 Å². The zero-order valence-corrected chi connectivity index (χ0v) is 15.2. The Kier molecular flexibility index (Phi) is 9.28. The van der Waals surface area contributed by atoms with Crippen molar-refractivity contribution in [2.24, 2.45) is 0 Å². The second-order valence-electron chi connectivity index (χ2n) is 4.08. The van der Waals surface area contributed by atoms with Crippen LogP contribution in [-0.4, -0.2) is 43.4 Å². The van der Waals surface area contributed by atoms with Crippen molar-refractivity contribution in [1.82, 2.24) is 9.44 Å². The molecule has 0 saturated heterocycles. The van der Waals surface area contributed by atoms with E-state index in [-0.39, 0.29) is 21.5 Å². The van der Waals surface area contributed by atoms with E-state index in [1.807, 2.05) is 4.72 Å². The van der Waals surface area contributed by atoms with Crippen molar-refractivity contribution in [2.45, 2.75) is 6.42 Å². The molecule has 7 nitrogen and oxygen atoms in total. The summed E-state index contributed by atoms with van der Waals surface area (Å²) in [6.07, 6.45) is 3.31. The molecule has 0 aromatic heterocycles. The number of hydrogen-bond acceptors (Lipinski definition) is 5. The molecule has 0 heterocycles. The maximum Gasteiger partial charge on any atom is 0.242 e. The number of hydrogen-bond donors (Lipinski definition) is 2. The van der Waals surface area contributed by atoms with Crippen LogP contribution >= 0.6 is 23.2 Å². The first-order valence-electron chi connectivity index (χ1n) is 5.87. The molecule has 0 aliphatic rings. The summed E-state index contributed by atoms with van der Waals surface area (Å²) in [6.45, 7) is 3.89. The summed E-state index contributed by atoms with van der Waals surface area (Å²) in [5.41, 5.74) is 0. The van der Waals surface area contributed by atoms with Gasteiger partial charge in [0.2, 0.25) is 20.0 Å². The van der Waals surface area contributed by atoms with Gasteiger partial charge in [0.25, 0.3) is 0 Å². The SMILES string of the molecule is C=C(Cl)/C(=C\C(Cl)=C\NS(C)(=O)=O)S(=O)(=O)NCCCOC. The fourth-order valence-electron chi connectivity index (χ4n) is 1.13. The fourth-order valence-corrected chi connectivity index (χ4v) is 3.27. The topological polar surface area (TPSA) is 102 Å². The Balaban J connectivity index is 5.20. The van der Waals surface area contributed by atoms with Crippen molar-refractivity contribution >= 4 is 43.2 Å². The number of sulfonamides is 2. The molecule has 0 radical (unpaired) electrons. The van der Waals surface area contributed by atoms with Crippen molar-refractivity contribution in [1.29, 1.82) is 0 Å². The molecule has 0 unspecified atom stereocenters. The molecule has 0 aromatic carbocycles. The molecule has 128 valence electrons. The molecule has 0 aliphatic carbocycles. The van der Waals surface area contributed by atoms with E-state index in [9.17, 15) is 16.8 Å². The van der Waals surface area contributed by atoms with E-state index in [0.717, 1.165) is 18.5 Å². The Morgan fingerprint density at radius 1 is 1.27 bits per heavy atom. The third kappa shape index (κ3) is 9.44. The summed E-state index contributed by atoms with van der Waals surface area (Å²) < 4.78 is 55.2. The number of halogens is 2. The van der Waals surface area contributed by atoms with Crippen LogP contribution in [0.3, 0.4) is 0 Å². The van der Waals surface area contributed by atoms with Gasteiger partial charge in [0.15, 0.2) is 0 Å². The molecule has 0 fully saturated rings. The van der Waals surface area contributed by atoms with Crippen LogP contribution in [0.4, 0.5) is 0 Å². The predicted molar refractivity (Wildman–Crippen MR) is 88.4 cm³/mol. The highest BCUT2D eigenvalue weighted by Gasteiger charge is 2.19. The summed E-state index contributed by atoms with van der Waals surface area (Å²) in [5.74, 6) is 0. The van der Waals surface area contributed by atoms with Crippen molar-refractivity contribution in [2.75, 3.05) is 26.5 Å². The van der Waals surface area contributed by atoms with Gasteiger partial charge in [0.05, 0.1) is 16.3 Å². The van der Waals surface area contributed by atoms with E-state index in [4.69, 9.17) is 27.9 Å². The Labute approximate surface area is 141 Å². The Bertz CT molecular complexity index is 654. The van der Waals surface area contributed by atoms with Gasteiger partial charge in [0, 0.05) is 26.5 Å². The first kappa shape index (κ1) is 21.4. The maximum absolute atomic E-state index is 12.1. The largest absolute Gasteiger partial charge is 0.385 e. The highest BCUT2D eigenvalue weighted by molar-refractivity contribution is 7.93. The number of rotatable bonds is 10. The molecule has 2 N–H and O–H groups in total. The molecule has 0 rings (SSSR count). The Morgan fingerprint density at radius 3 is 2.32 bits per heavy atom. The molecule has 0 atom stereocenters. The molecule has 0 amide bonds. The third-order valence-corrected chi connectivity index (χ3v) is 4.66. The van der Waals surface area contributed by atoms with E-state index in [0.29, 0.717) is 13.0 Å². The van der Waals surface area contributed by atoms with Crippen LogP contribution in [-0.2, 0) is 24.8 Å². The third-order valence-electron chi connectivity index (χ3n) is 2.05. The molecule has 11 heteroatoms. The number of nitrogens with one attached hydrogen (secondary N) is 2. The molecule has 0 aromatic rings. The van der Waals surface area contributed by atoms with E-state index < -0.39 is 20.0 Å². The molecule has 0 aliphatic heterocycles. The number of methoxy groups -OCH3 is 1. The van der Waals surface area contributed by atoms with Crippen LogP contribution in [0.1, 0.15) is 6.42 Å². The zero-order chi connectivity index (χ0) is 17.4. The minimum atomic E-state index is -3.93. The van der Waals surface area contributed by atoms with Crippen molar-refractivity contribution in [3.8, 4) is 0 Å². The lowest BCUT2D eigenvalue weighted by Gasteiger charge is -2.09. The van der Waals surface area contributed by atoms with Gasteiger partial charge in [-0.3, -0.25) is 4.72 Å². The predicted octanol–water partition coefficient (Wildman–Crippen LogP) is 1.21. The van der Waals surface area contributed by atoms with Crippen LogP contribution in [0.5, 0.6) is 0 Å². The number of allylic oxidation sites excluding steroid dienone is 3. The lowest BCUT2D eigenvalue weighted by molar-refractivity contribution is 0.196. The van der Waals surface area contributed by atoms with Crippen LogP contribution in [0.2, 0.25) is 0 Å². The van der Waals surface area contributed by atoms with Crippen LogP contribution in [0.15, 0.2) is 33.8 Å². The van der Waals surface area contributed by atoms with Gasteiger partial charge in [0.1, 0.15) is 4.91 Å². The molecule has 0 bridgehead atoms. The Morgan fingerprint density at radius 2 is 1.86 bits per heavy atom. The van der Waals surface area contributed by atoms with E-state index in [1.54, 1.807) is 0 Å². The first-order valence-corrected chi connectivity index (χ1v) is 10.0. The molecular weight excluding hydrogens is 375 g/mol. The summed E-state index contributed by atoms with van der Waals surface area (Å²) in [4.78, 5) is -0.358. The van der Waals surface area contributed by atoms with Crippen LogP contribution in [0.25, 0.3) is 0 Å². The second kappa shape index (κ2) is 9.53. The second-order valence-corrected chi connectivity index (χ2v) is 8.48. The van der Waals surface area contributed by atoms with Gasteiger partial charge in [-0.15, -0.1) is 0 Å². The van der Waals surface area contributed by atoms with Gasteiger partial charge in [-0.2, -0.15) is 0 Å². The maximum atomic E-state index is 12.1. The van der Waals surface area contributed by atoms with Gasteiger partial charge in [-0.25, -0.2) is 21.6 Å². The van der Waals surface area contributed by atoms with Crippen molar-refractivity contribution in [3.05, 3.63) is 33.8 Å². The normalized spacial score (nSPS) is 14.0. The summed E-state index contributed by atoms with van der Waals surface area (Å²) >= 11 is 11.4. The average Bonchev–Trinajstić information content (AvgIpc) is 2.37. The van der Waals surface area contributed by atoms with Gasteiger partial charge in [-0.05, 0) is 12.5 Å². The summed E-state index contributed by atoms with van der Waals surface area (Å²) in [5, 5.41) is -0.436. The molecule has 22 heavy (non-hydrogen) atoms. The quantitative estimate of drug-likeness (QED) is 0.429. The highest BCUT2D eigenvalue weighted by Crippen LogP contribution is 2.21. The Hall–Kier alpha value is -0.580. The average molecular weight is 393 g/mol. The molecular formula is C11H18Cl2N2O5S2.